The van der Waals surface area contributed by atoms with Crippen LogP contribution < -0.4 is 0 Å². The number of carbonyl (C=O) groups is 4. The van der Waals surface area contributed by atoms with Crippen LogP contribution in [0.15, 0.2) is 0 Å². The van der Waals surface area contributed by atoms with Gasteiger partial charge >= 0.3 is 39.5 Å². The number of hydrogen-bond acceptors (Lipinski definition) is 15. The van der Waals surface area contributed by atoms with Crippen LogP contribution in [0.4, 0.5) is 0 Å². The number of aliphatic hydroxyl groups excluding tert-OH is 1. The van der Waals surface area contributed by atoms with Crippen LogP contribution in [-0.4, -0.2) is 96.7 Å². The molecule has 0 rings (SSSR count). The zero-order valence-corrected chi connectivity index (χ0v) is 57.7. The van der Waals surface area contributed by atoms with Gasteiger partial charge in [0.2, 0.25) is 0 Å². The molecule has 0 fully saturated rings. The van der Waals surface area contributed by atoms with Crippen molar-refractivity contribution in [2.45, 2.75) is 343 Å². The Labute approximate surface area is 524 Å². The summed E-state index contributed by atoms with van der Waals surface area (Å²) >= 11 is 0. The first-order valence-electron chi connectivity index (χ1n) is 34.8. The van der Waals surface area contributed by atoms with Crippen LogP contribution >= 0.6 is 15.6 Å². The summed E-state index contributed by atoms with van der Waals surface area (Å²) in [6, 6.07) is 0. The number of unbranched alkanes of at least 4 members (excludes halogenated alkanes) is 28. The number of esters is 4. The SMILES string of the molecule is CCC(C)CCCCCCCCCCCCC(=O)O[C@H](COC(=O)CCCCCCCCCCCC(C)C)COP(=O)(O)OC[C@@H](O)COP(=O)(O)OC[C@@H](COC(=O)CCCCCCCCC(C)CC)OC(=O)CCCCCCCCCC(C)C. The number of aliphatic hydroxyl groups is 1. The molecule has 0 aromatic heterocycles. The highest BCUT2D eigenvalue weighted by molar-refractivity contribution is 7.47. The number of rotatable bonds is 64. The highest BCUT2D eigenvalue weighted by atomic mass is 31.2. The largest absolute Gasteiger partial charge is 0.472 e. The van der Waals surface area contributed by atoms with Crippen molar-refractivity contribution in [2.24, 2.45) is 23.7 Å². The molecule has 86 heavy (non-hydrogen) atoms. The van der Waals surface area contributed by atoms with E-state index in [1.807, 2.05) is 0 Å². The maximum Gasteiger partial charge on any atom is 0.472 e. The van der Waals surface area contributed by atoms with Crippen LogP contribution in [0.25, 0.3) is 0 Å². The summed E-state index contributed by atoms with van der Waals surface area (Å²) < 4.78 is 68.1. The summed E-state index contributed by atoms with van der Waals surface area (Å²) in [5.41, 5.74) is 0. The Bertz CT molecular complexity index is 1720. The molecule has 4 unspecified atom stereocenters. The Morgan fingerprint density at radius 3 is 0.826 bits per heavy atom. The molecule has 0 amide bonds. The fourth-order valence-corrected chi connectivity index (χ4v) is 11.5. The predicted octanol–water partition coefficient (Wildman–Crippen LogP) is 18.5. The van der Waals surface area contributed by atoms with Gasteiger partial charge in [-0.2, -0.15) is 0 Å². The molecule has 0 aliphatic carbocycles. The minimum Gasteiger partial charge on any atom is -0.462 e. The lowest BCUT2D eigenvalue weighted by molar-refractivity contribution is -0.161. The van der Waals surface area contributed by atoms with Gasteiger partial charge in [-0.05, 0) is 49.4 Å². The van der Waals surface area contributed by atoms with E-state index < -0.39 is 97.5 Å². The van der Waals surface area contributed by atoms with Crippen molar-refractivity contribution in [3.05, 3.63) is 0 Å². The molecule has 0 radical (unpaired) electrons. The first-order chi connectivity index (χ1) is 41.2. The van der Waals surface area contributed by atoms with E-state index in [2.05, 4.69) is 55.4 Å². The van der Waals surface area contributed by atoms with Crippen molar-refractivity contribution in [2.75, 3.05) is 39.6 Å². The van der Waals surface area contributed by atoms with Crippen LogP contribution in [0.1, 0.15) is 325 Å². The molecule has 0 aliphatic heterocycles. The lowest BCUT2D eigenvalue weighted by atomic mass is 9.99. The van der Waals surface area contributed by atoms with E-state index in [0.717, 1.165) is 114 Å². The van der Waals surface area contributed by atoms with Crippen LogP contribution in [0.2, 0.25) is 0 Å². The van der Waals surface area contributed by atoms with E-state index in [-0.39, 0.29) is 25.7 Å². The van der Waals surface area contributed by atoms with E-state index in [1.165, 1.54) is 122 Å². The van der Waals surface area contributed by atoms with E-state index in [0.29, 0.717) is 31.6 Å². The first-order valence-corrected chi connectivity index (χ1v) is 37.8. The maximum atomic E-state index is 13.0. The number of phosphoric ester groups is 2. The average molecular weight is 1270 g/mol. The molecule has 0 aliphatic rings. The number of ether oxygens (including phenoxy) is 4. The average Bonchev–Trinajstić information content (AvgIpc) is 3.64. The van der Waals surface area contributed by atoms with Gasteiger partial charge < -0.3 is 33.8 Å². The highest BCUT2D eigenvalue weighted by Gasteiger charge is 2.30. The molecule has 17 nitrogen and oxygen atoms in total. The number of carbonyl (C=O) groups excluding carboxylic acids is 4. The Morgan fingerprint density at radius 1 is 0.326 bits per heavy atom. The van der Waals surface area contributed by atoms with Crippen molar-refractivity contribution in [3.63, 3.8) is 0 Å². The number of hydrogen-bond donors (Lipinski definition) is 3. The second-order valence-electron chi connectivity index (χ2n) is 25.6. The molecule has 19 heteroatoms. The highest BCUT2D eigenvalue weighted by Crippen LogP contribution is 2.45. The molecule has 0 aromatic carbocycles. The van der Waals surface area contributed by atoms with Crippen LogP contribution in [-0.2, 0) is 65.4 Å². The van der Waals surface area contributed by atoms with Gasteiger partial charge in [-0.15, -0.1) is 0 Å². The van der Waals surface area contributed by atoms with E-state index >= 15 is 0 Å². The summed E-state index contributed by atoms with van der Waals surface area (Å²) in [7, 11) is -9.90. The monoisotopic (exact) mass is 1270 g/mol. The second kappa shape index (κ2) is 57.0. The van der Waals surface area contributed by atoms with Crippen molar-refractivity contribution >= 4 is 39.5 Å². The smallest absolute Gasteiger partial charge is 0.462 e. The second-order valence-corrected chi connectivity index (χ2v) is 28.6. The maximum absolute atomic E-state index is 13.0. The van der Waals surface area contributed by atoms with Gasteiger partial charge in [0.25, 0.3) is 0 Å². The van der Waals surface area contributed by atoms with Gasteiger partial charge in [0.1, 0.15) is 19.3 Å². The Kier molecular flexibility index (Phi) is 55.7. The topological polar surface area (TPSA) is 237 Å². The molecule has 0 spiro atoms. The molecular weight excluding hydrogens is 1140 g/mol. The summed E-state index contributed by atoms with van der Waals surface area (Å²) in [4.78, 5) is 72.4. The van der Waals surface area contributed by atoms with Crippen molar-refractivity contribution < 1.29 is 80.2 Å². The van der Waals surface area contributed by atoms with Gasteiger partial charge in [0.15, 0.2) is 12.2 Å². The lowest BCUT2D eigenvalue weighted by Crippen LogP contribution is -2.30. The normalized spacial score (nSPS) is 15.0. The fourth-order valence-electron chi connectivity index (χ4n) is 9.89. The van der Waals surface area contributed by atoms with Crippen LogP contribution in [0, 0.1) is 23.7 Å². The quantitative estimate of drug-likeness (QED) is 0.0222. The molecule has 510 valence electrons. The summed E-state index contributed by atoms with van der Waals surface area (Å²) in [5, 5.41) is 10.6. The van der Waals surface area contributed by atoms with Crippen LogP contribution in [0.5, 0.6) is 0 Å². The van der Waals surface area contributed by atoms with E-state index in [9.17, 15) is 43.2 Å². The molecule has 0 saturated heterocycles. The standard InChI is InChI=1S/C67H130O17P2/c1-9-59(7)45-37-29-21-15-11-12-16-23-33-41-49-66(71)83-62(53-77-64(69)47-39-31-22-17-13-14-19-27-35-43-57(3)4)55-81-85(73,74)79-51-61(68)52-80-86(75,76)82-56-63(84-67(72)50-42-34-24-18-20-28-36-44-58(5)6)54-78-65(70)48-40-32-26-25-30-38-46-60(8)10-2/h57-63,68H,9-56H2,1-8H3,(H,73,74)(H,75,76)/t59?,60?,61-,62-,63-/m1/s1. The van der Waals surface area contributed by atoms with Gasteiger partial charge in [-0.3, -0.25) is 37.3 Å². The minimum absolute atomic E-state index is 0.102. The predicted molar refractivity (Wildman–Crippen MR) is 344 cm³/mol. The number of phosphoric acid groups is 2. The zero-order chi connectivity index (χ0) is 63.9. The van der Waals surface area contributed by atoms with Crippen molar-refractivity contribution in [1.82, 2.24) is 0 Å². The molecule has 0 aromatic rings. The summed E-state index contributed by atoms with van der Waals surface area (Å²) in [5.74, 6) is 0.837. The van der Waals surface area contributed by atoms with Gasteiger partial charge in [0, 0.05) is 25.7 Å². The zero-order valence-electron chi connectivity index (χ0n) is 55.9. The van der Waals surface area contributed by atoms with Crippen LogP contribution in [0.3, 0.4) is 0 Å². The third-order valence-corrected chi connectivity index (χ3v) is 17.9. The van der Waals surface area contributed by atoms with Gasteiger partial charge in [-0.1, -0.05) is 274 Å². The Morgan fingerprint density at radius 2 is 0.558 bits per heavy atom. The third-order valence-electron chi connectivity index (χ3n) is 16.0. The molecule has 7 atom stereocenters. The fraction of sp³-hybridized carbons (Fsp3) is 0.940. The summed E-state index contributed by atoms with van der Waals surface area (Å²) in [6.45, 7) is 14.0. The van der Waals surface area contributed by atoms with Crippen molar-refractivity contribution in [3.8, 4) is 0 Å². The molecule has 0 heterocycles. The lowest BCUT2D eigenvalue weighted by Gasteiger charge is -2.21. The first kappa shape index (κ1) is 84.1. The molecular formula is C67H130O17P2. The van der Waals surface area contributed by atoms with E-state index in [4.69, 9.17) is 37.0 Å². The van der Waals surface area contributed by atoms with Gasteiger partial charge in [-0.25, -0.2) is 9.13 Å². The Hall–Kier alpha value is -1.94. The molecule has 0 saturated carbocycles. The van der Waals surface area contributed by atoms with Crippen molar-refractivity contribution in [1.29, 1.82) is 0 Å². The van der Waals surface area contributed by atoms with Gasteiger partial charge in [0.05, 0.1) is 26.4 Å². The summed E-state index contributed by atoms with van der Waals surface area (Å²) in [6.07, 6.45) is 37.6. The molecule has 3 N–H and O–H groups in total. The Balaban J connectivity index is 5.26. The van der Waals surface area contributed by atoms with E-state index in [1.54, 1.807) is 0 Å². The third kappa shape index (κ3) is 58.4. The minimum atomic E-state index is -4.95. The molecule has 0 bridgehead atoms.